The molecule has 2 atom stereocenters. The normalized spacial score (nSPS) is 22.5. The van der Waals surface area contributed by atoms with Crippen LogP contribution in [0.5, 0.6) is 0 Å². The molecule has 0 saturated heterocycles. The molecule has 1 aromatic carbocycles. The number of rotatable bonds is 5. The highest BCUT2D eigenvalue weighted by atomic mass is 79.9. The predicted molar refractivity (Wildman–Crippen MR) is 79.3 cm³/mol. The standard InChI is InChI=1S/C13H19BrN2O2S/c1-3-10-6-12(10)16-19(17,18)13-5-9(7-15)4-11(14)8(13)2/h4-5,10,12,16H,3,6-7,15H2,1-2H3. The Kier molecular flexibility index (Phi) is 4.35. The molecule has 1 aromatic rings. The first kappa shape index (κ1) is 15.0. The van der Waals surface area contributed by atoms with Crippen molar-refractivity contribution in [3.05, 3.63) is 27.7 Å². The Morgan fingerprint density at radius 1 is 1.47 bits per heavy atom. The molecule has 0 radical (unpaired) electrons. The van der Waals surface area contributed by atoms with Gasteiger partial charge in [-0.15, -0.1) is 0 Å². The summed E-state index contributed by atoms with van der Waals surface area (Å²) in [5, 5.41) is 0. The highest BCUT2D eigenvalue weighted by Crippen LogP contribution is 2.35. The second-order valence-corrected chi connectivity index (χ2v) is 7.57. The van der Waals surface area contributed by atoms with Gasteiger partial charge in [-0.25, -0.2) is 13.1 Å². The fraction of sp³-hybridized carbons (Fsp3) is 0.538. The maximum Gasteiger partial charge on any atom is 0.241 e. The van der Waals surface area contributed by atoms with Crippen LogP contribution in [0.15, 0.2) is 21.5 Å². The summed E-state index contributed by atoms with van der Waals surface area (Å²) in [5.41, 5.74) is 7.13. The van der Waals surface area contributed by atoms with Crippen molar-refractivity contribution in [2.75, 3.05) is 0 Å². The van der Waals surface area contributed by atoms with Gasteiger partial charge in [-0.3, -0.25) is 0 Å². The lowest BCUT2D eigenvalue weighted by Gasteiger charge is -2.12. The van der Waals surface area contributed by atoms with Gasteiger partial charge in [-0.05, 0) is 42.5 Å². The number of sulfonamides is 1. The van der Waals surface area contributed by atoms with Crippen LogP contribution in [0.3, 0.4) is 0 Å². The van der Waals surface area contributed by atoms with E-state index >= 15 is 0 Å². The Morgan fingerprint density at radius 3 is 2.68 bits per heavy atom. The van der Waals surface area contributed by atoms with Gasteiger partial charge >= 0.3 is 0 Å². The molecule has 1 fully saturated rings. The third kappa shape index (κ3) is 3.18. The Hall–Kier alpha value is -0.430. The van der Waals surface area contributed by atoms with Crippen molar-refractivity contribution in [2.45, 2.75) is 44.2 Å². The monoisotopic (exact) mass is 346 g/mol. The highest BCUT2D eigenvalue weighted by Gasteiger charge is 2.39. The molecule has 106 valence electrons. The second-order valence-electron chi connectivity index (χ2n) is 5.04. The minimum Gasteiger partial charge on any atom is -0.326 e. The van der Waals surface area contributed by atoms with E-state index in [1.54, 1.807) is 13.0 Å². The number of hydrogen-bond acceptors (Lipinski definition) is 3. The minimum absolute atomic E-state index is 0.0923. The lowest BCUT2D eigenvalue weighted by Crippen LogP contribution is -2.28. The Bertz CT molecular complexity index is 587. The summed E-state index contributed by atoms with van der Waals surface area (Å²) in [6.07, 6.45) is 1.95. The smallest absolute Gasteiger partial charge is 0.241 e. The lowest BCUT2D eigenvalue weighted by atomic mass is 10.1. The van der Waals surface area contributed by atoms with E-state index in [-0.39, 0.29) is 6.04 Å². The van der Waals surface area contributed by atoms with Crippen molar-refractivity contribution in [1.29, 1.82) is 0 Å². The summed E-state index contributed by atoms with van der Waals surface area (Å²) in [6.45, 7) is 4.20. The van der Waals surface area contributed by atoms with E-state index < -0.39 is 10.0 Å². The molecule has 19 heavy (non-hydrogen) atoms. The Balaban J connectivity index is 2.32. The molecule has 0 aromatic heterocycles. The maximum absolute atomic E-state index is 12.4. The van der Waals surface area contributed by atoms with Crippen LogP contribution >= 0.6 is 15.9 Å². The van der Waals surface area contributed by atoms with Crippen molar-refractivity contribution < 1.29 is 8.42 Å². The highest BCUT2D eigenvalue weighted by molar-refractivity contribution is 9.10. The predicted octanol–water partition coefficient (Wildman–Crippen LogP) is 2.29. The number of hydrogen-bond donors (Lipinski definition) is 2. The molecule has 3 N–H and O–H groups in total. The molecule has 1 aliphatic carbocycles. The first-order valence-electron chi connectivity index (χ1n) is 6.40. The molecule has 0 amide bonds. The molecular weight excluding hydrogens is 328 g/mol. The molecule has 0 aliphatic heterocycles. The van der Waals surface area contributed by atoms with Gasteiger partial charge in [0.25, 0.3) is 0 Å². The van der Waals surface area contributed by atoms with Gasteiger partial charge in [0.05, 0.1) is 4.90 Å². The topological polar surface area (TPSA) is 72.2 Å². The molecular formula is C13H19BrN2O2S. The SMILES string of the molecule is CCC1CC1NS(=O)(=O)c1cc(CN)cc(Br)c1C. The molecule has 0 heterocycles. The fourth-order valence-electron chi connectivity index (χ4n) is 2.21. The fourth-order valence-corrected chi connectivity index (χ4v) is 4.48. The summed E-state index contributed by atoms with van der Waals surface area (Å²) >= 11 is 3.39. The quantitative estimate of drug-likeness (QED) is 0.858. The van der Waals surface area contributed by atoms with E-state index in [1.165, 1.54) is 0 Å². The molecule has 2 unspecified atom stereocenters. The van der Waals surface area contributed by atoms with Crippen molar-refractivity contribution in [3.8, 4) is 0 Å². The molecule has 1 aliphatic rings. The molecule has 0 spiro atoms. The Morgan fingerprint density at radius 2 is 2.16 bits per heavy atom. The van der Waals surface area contributed by atoms with Crippen molar-refractivity contribution >= 4 is 26.0 Å². The van der Waals surface area contributed by atoms with Gasteiger partial charge < -0.3 is 5.73 Å². The lowest BCUT2D eigenvalue weighted by molar-refractivity contribution is 0.575. The van der Waals surface area contributed by atoms with Crippen LogP contribution in [0.25, 0.3) is 0 Å². The minimum atomic E-state index is -3.46. The van der Waals surface area contributed by atoms with Crippen LogP contribution in [0.4, 0.5) is 0 Å². The maximum atomic E-state index is 12.4. The molecule has 1 saturated carbocycles. The molecule has 2 rings (SSSR count). The van der Waals surface area contributed by atoms with Crippen LogP contribution in [0, 0.1) is 12.8 Å². The van der Waals surface area contributed by atoms with Gasteiger partial charge in [0.2, 0.25) is 10.0 Å². The van der Waals surface area contributed by atoms with E-state index in [1.807, 2.05) is 6.07 Å². The summed E-state index contributed by atoms with van der Waals surface area (Å²) in [7, 11) is -3.46. The number of halogens is 1. The van der Waals surface area contributed by atoms with E-state index in [0.29, 0.717) is 17.4 Å². The number of nitrogens with two attached hydrogens (primary N) is 1. The average molecular weight is 347 g/mol. The molecule has 0 bridgehead atoms. The second kappa shape index (κ2) is 5.52. The van der Waals surface area contributed by atoms with Crippen LogP contribution in [-0.4, -0.2) is 14.5 Å². The van der Waals surface area contributed by atoms with E-state index in [0.717, 1.165) is 28.4 Å². The number of nitrogens with one attached hydrogen (secondary N) is 1. The van der Waals surface area contributed by atoms with Crippen LogP contribution in [0.2, 0.25) is 0 Å². The van der Waals surface area contributed by atoms with Gasteiger partial charge in [0.15, 0.2) is 0 Å². The molecule has 6 heteroatoms. The zero-order valence-electron chi connectivity index (χ0n) is 11.1. The third-order valence-electron chi connectivity index (χ3n) is 3.64. The average Bonchev–Trinajstić information content (AvgIpc) is 3.09. The van der Waals surface area contributed by atoms with Crippen molar-refractivity contribution in [1.82, 2.24) is 4.72 Å². The zero-order valence-corrected chi connectivity index (χ0v) is 13.5. The first-order valence-corrected chi connectivity index (χ1v) is 8.68. The van der Waals surface area contributed by atoms with Gasteiger partial charge in [0.1, 0.15) is 0 Å². The summed E-state index contributed by atoms with van der Waals surface area (Å²) < 4.78 is 28.4. The van der Waals surface area contributed by atoms with Crippen LogP contribution < -0.4 is 10.5 Å². The van der Waals surface area contributed by atoms with E-state index in [9.17, 15) is 8.42 Å². The summed E-state index contributed by atoms with van der Waals surface area (Å²) in [4.78, 5) is 0.323. The van der Waals surface area contributed by atoms with Gasteiger partial charge in [0, 0.05) is 17.1 Å². The van der Waals surface area contributed by atoms with Crippen LogP contribution in [0.1, 0.15) is 30.9 Å². The Labute approximate surface area is 122 Å². The number of benzene rings is 1. The van der Waals surface area contributed by atoms with Crippen LogP contribution in [-0.2, 0) is 16.6 Å². The largest absolute Gasteiger partial charge is 0.326 e. The van der Waals surface area contributed by atoms with Gasteiger partial charge in [-0.2, -0.15) is 0 Å². The summed E-state index contributed by atoms with van der Waals surface area (Å²) in [5.74, 6) is 0.483. The third-order valence-corrected chi connectivity index (χ3v) is 6.07. The van der Waals surface area contributed by atoms with Crippen molar-refractivity contribution in [2.24, 2.45) is 11.7 Å². The first-order chi connectivity index (χ1) is 8.89. The van der Waals surface area contributed by atoms with E-state index in [4.69, 9.17) is 5.73 Å². The summed E-state index contributed by atoms with van der Waals surface area (Å²) in [6, 6.07) is 3.61. The zero-order chi connectivity index (χ0) is 14.2. The van der Waals surface area contributed by atoms with Gasteiger partial charge in [-0.1, -0.05) is 29.3 Å². The van der Waals surface area contributed by atoms with E-state index in [2.05, 4.69) is 27.6 Å². The van der Waals surface area contributed by atoms with Crippen molar-refractivity contribution in [3.63, 3.8) is 0 Å². The molecule has 4 nitrogen and oxygen atoms in total.